The highest BCUT2D eigenvalue weighted by Gasteiger charge is 2.48. The lowest BCUT2D eigenvalue weighted by Gasteiger charge is -2.34. The van der Waals surface area contributed by atoms with E-state index in [-0.39, 0.29) is 11.8 Å². The van der Waals surface area contributed by atoms with Crippen LogP contribution in [0.3, 0.4) is 0 Å². The molecule has 2 aromatic rings. The third-order valence-corrected chi connectivity index (χ3v) is 7.74. The van der Waals surface area contributed by atoms with Crippen molar-refractivity contribution in [2.24, 2.45) is 11.3 Å². The Bertz CT molecular complexity index is 1320. The molecule has 0 bridgehead atoms. The molecule has 10 heteroatoms. The first-order chi connectivity index (χ1) is 19.0. The van der Waals surface area contributed by atoms with E-state index in [4.69, 9.17) is 0 Å². The molecule has 1 aliphatic carbocycles. The highest BCUT2D eigenvalue weighted by molar-refractivity contribution is 5.95. The van der Waals surface area contributed by atoms with Gasteiger partial charge in [-0.15, -0.1) is 0 Å². The number of carboxylic acid groups (broad SMARTS) is 1. The maximum Gasteiger partial charge on any atom is 0.322 e. The molecule has 3 amide bonds. The highest BCUT2D eigenvalue weighted by atomic mass is 16.4. The van der Waals surface area contributed by atoms with Crippen molar-refractivity contribution in [3.8, 4) is 0 Å². The first-order valence-corrected chi connectivity index (χ1v) is 14.0. The van der Waals surface area contributed by atoms with Gasteiger partial charge in [-0.25, -0.2) is 5.43 Å². The number of aromatic nitrogens is 1. The molecule has 0 radical (unpaired) electrons. The lowest BCUT2D eigenvalue weighted by atomic mass is 9.99. The minimum Gasteiger partial charge on any atom is -0.480 e. The van der Waals surface area contributed by atoms with Crippen LogP contribution in [-0.4, -0.2) is 63.5 Å². The molecule has 2 heterocycles. The number of nitrogens with one attached hydrogen (secondary N) is 3. The minimum absolute atomic E-state index is 0.217. The zero-order chi connectivity index (χ0) is 29.0. The van der Waals surface area contributed by atoms with Gasteiger partial charge in [0, 0.05) is 18.1 Å². The molecule has 10 nitrogen and oxygen atoms in total. The molecule has 1 saturated heterocycles. The normalized spacial score (nSPS) is 19.8. The average molecular weight is 550 g/mol. The summed E-state index contributed by atoms with van der Waals surface area (Å²) >= 11 is 0. The number of carboxylic acids is 1. The first kappa shape index (κ1) is 29.2. The summed E-state index contributed by atoms with van der Waals surface area (Å²) < 4.78 is 0. The number of amides is 3. The molecule has 2 aliphatic rings. The topological polar surface area (TPSA) is 141 Å². The van der Waals surface area contributed by atoms with Gasteiger partial charge in [0.05, 0.1) is 11.1 Å². The van der Waals surface area contributed by atoms with Gasteiger partial charge in [0.2, 0.25) is 11.8 Å². The van der Waals surface area contributed by atoms with Crippen molar-refractivity contribution in [2.75, 3.05) is 6.54 Å². The van der Waals surface area contributed by atoms with E-state index in [1.807, 2.05) is 38.3 Å². The number of pyridine rings is 1. The second kappa shape index (κ2) is 12.2. The van der Waals surface area contributed by atoms with Crippen LogP contribution in [-0.2, 0) is 25.6 Å². The molecule has 3 atom stereocenters. The monoisotopic (exact) mass is 549 g/mol. The zero-order valence-corrected chi connectivity index (χ0v) is 23.6. The number of aryl methyl sites for hydroxylation is 1. The van der Waals surface area contributed by atoms with Crippen molar-refractivity contribution in [2.45, 2.75) is 77.9 Å². The smallest absolute Gasteiger partial charge is 0.322 e. The Kier molecular flexibility index (Phi) is 8.88. The molecule has 1 aromatic carbocycles. The molecule has 1 aliphatic heterocycles. The summed E-state index contributed by atoms with van der Waals surface area (Å²) in [6.07, 6.45) is 8.85. The van der Waals surface area contributed by atoms with E-state index in [0.717, 1.165) is 22.9 Å². The second-order valence-electron chi connectivity index (χ2n) is 11.2. The summed E-state index contributed by atoms with van der Waals surface area (Å²) in [7, 11) is 0. The van der Waals surface area contributed by atoms with Crippen LogP contribution in [0.1, 0.15) is 64.6 Å². The molecule has 3 unspecified atom stereocenters. The largest absolute Gasteiger partial charge is 0.480 e. The lowest BCUT2D eigenvalue weighted by Crippen LogP contribution is -2.61. The van der Waals surface area contributed by atoms with Crippen LogP contribution < -0.4 is 16.1 Å². The number of hydrazine groups is 1. The molecular formula is C30H39N5O5. The van der Waals surface area contributed by atoms with Crippen molar-refractivity contribution in [3.63, 3.8) is 0 Å². The van der Waals surface area contributed by atoms with Gasteiger partial charge in [0.25, 0.3) is 5.91 Å². The van der Waals surface area contributed by atoms with E-state index in [9.17, 15) is 24.3 Å². The highest BCUT2D eigenvalue weighted by Crippen LogP contribution is 2.48. The number of nitrogens with zero attached hydrogens (tertiary/aromatic N) is 2. The number of carbonyl (C=O) groups is 4. The number of rotatable bonds is 10. The molecule has 40 heavy (non-hydrogen) atoms. The number of benzene rings is 1. The van der Waals surface area contributed by atoms with Crippen LogP contribution in [0.5, 0.6) is 0 Å². The Morgan fingerprint density at radius 3 is 2.55 bits per heavy atom. The van der Waals surface area contributed by atoms with Crippen LogP contribution in [0.2, 0.25) is 0 Å². The van der Waals surface area contributed by atoms with Crippen LogP contribution in [0.25, 0.3) is 16.8 Å². The van der Waals surface area contributed by atoms with Crippen molar-refractivity contribution in [1.82, 2.24) is 26.1 Å². The standard InChI is InChI=1S/C30H39N5O5/c1-5-20-8-9-21-17-31-23(16-22(21)15-20)10-11-30(12-13-30)29(40)33-25(18(2)3)26(36)32-19(4)27(37)35-14-6-7-24(34-35)28(38)39/h8-11,15-19,24-25,34H,5-7,12-14H2,1-4H3,(H,32,36)(H,33,40)(H,38,39)/b11-10+. The maximum absolute atomic E-state index is 13.3. The molecule has 214 valence electrons. The van der Waals surface area contributed by atoms with Gasteiger partial charge >= 0.3 is 5.97 Å². The molecular weight excluding hydrogens is 510 g/mol. The van der Waals surface area contributed by atoms with E-state index in [1.165, 1.54) is 10.6 Å². The van der Waals surface area contributed by atoms with Crippen molar-refractivity contribution >= 4 is 40.5 Å². The predicted octanol–water partition coefficient (Wildman–Crippen LogP) is 2.82. The summed E-state index contributed by atoms with van der Waals surface area (Å²) in [5.74, 6) is -2.36. The fourth-order valence-electron chi connectivity index (χ4n) is 4.91. The van der Waals surface area contributed by atoms with Gasteiger partial charge in [0.15, 0.2) is 0 Å². The Morgan fingerprint density at radius 1 is 1.15 bits per heavy atom. The van der Waals surface area contributed by atoms with E-state index in [0.29, 0.717) is 32.2 Å². The van der Waals surface area contributed by atoms with Crippen molar-refractivity contribution in [3.05, 3.63) is 47.8 Å². The molecule has 2 fully saturated rings. The Hall–Kier alpha value is -3.79. The fourth-order valence-corrected chi connectivity index (χ4v) is 4.91. The molecule has 0 spiro atoms. The van der Waals surface area contributed by atoms with E-state index in [1.54, 1.807) is 6.92 Å². The number of carbonyl (C=O) groups excluding carboxylic acids is 3. The summed E-state index contributed by atoms with van der Waals surface area (Å²) in [5, 5.41) is 18.3. The van der Waals surface area contributed by atoms with E-state index >= 15 is 0 Å². The number of fused-ring (bicyclic) bond motifs is 1. The van der Waals surface area contributed by atoms with Gasteiger partial charge in [0.1, 0.15) is 18.1 Å². The maximum atomic E-state index is 13.3. The predicted molar refractivity (Wildman–Crippen MR) is 152 cm³/mol. The zero-order valence-electron chi connectivity index (χ0n) is 23.6. The average Bonchev–Trinajstić information content (AvgIpc) is 3.74. The SMILES string of the molecule is CCc1ccc2cnc(/C=C/C3(C(=O)NC(C(=O)NC(C)C(=O)N4CCCC(C(=O)O)N4)C(C)C)CC3)cc2c1. The fraction of sp³-hybridized carbons (Fsp3) is 0.500. The molecule has 1 aromatic heterocycles. The third kappa shape index (κ3) is 6.67. The summed E-state index contributed by atoms with van der Waals surface area (Å²) in [6, 6.07) is 5.75. The van der Waals surface area contributed by atoms with Crippen molar-refractivity contribution < 1.29 is 24.3 Å². The third-order valence-electron chi connectivity index (χ3n) is 7.74. The van der Waals surface area contributed by atoms with Gasteiger partial charge in [-0.3, -0.25) is 29.2 Å². The minimum atomic E-state index is -1.03. The molecule has 4 N–H and O–H groups in total. The van der Waals surface area contributed by atoms with Crippen LogP contribution in [0.4, 0.5) is 0 Å². The Balaban J connectivity index is 1.38. The molecule has 1 saturated carbocycles. The van der Waals surface area contributed by atoms with Gasteiger partial charge in [-0.1, -0.05) is 45.0 Å². The Morgan fingerprint density at radius 2 is 1.90 bits per heavy atom. The van der Waals surface area contributed by atoms with E-state index < -0.39 is 41.3 Å². The first-order valence-electron chi connectivity index (χ1n) is 14.0. The van der Waals surface area contributed by atoms with Crippen LogP contribution in [0, 0.1) is 11.3 Å². The summed E-state index contributed by atoms with van der Waals surface area (Å²) in [6.45, 7) is 7.69. The van der Waals surface area contributed by atoms with Gasteiger partial charge in [-0.2, -0.15) is 0 Å². The number of hydrogen-bond acceptors (Lipinski definition) is 6. The number of hydrogen-bond donors (Lipinski definition) is 4. The number of aliphatic carboxylic acids is 1. The lowest BCUT2D eigenvalue weighted by molar-refractivity contribution is -0.148. The van der Waals surface area contributed by atoms with Crippen molar-refractivity contribution in [1.29, 1.82) is 0 Å². The summed E-state index contributed by atoms with van der Waals surface area (Å²) in [5.41, 5.74) is 4.03. The van der Waals surface area contributed by atoms with Crippen LogP contribution >= 0.6 is 0 Å². The second-order valence-corrected chi connectivity index (χ2v) is 11.2. The van der Waals surface area contributed by atoms with Gasteiger partial charge in [-0.05, 0) is 68.0 Å². The van der Waals surface area contributed by atoms with E-state index in [2.05, 4.69) is 46.2 Å². The molecule has 4 rings (SSSR count). The quantitative estimate of drug-likeness (QED) is 0.357. The summed E-state index contributed by atoms with van der Waals surface area (Å²) in [4.78, 5) is 55.2. The van der Waals surface area contributed by atoms with Crippen LogP contribution in [0.15, 0.2) is 36.5 Å². The van der Waals surface area contributed by atoms with Gasteiger partial charge < -0.3 is 15.7 Å². The Labute approximate surface area is 234 Å².